The average Bonchev–Trinajstić information content (AvgIpc) is 2.62. The number of aromatic hydroxyl groups is 1. The standard InChI is InChI=1S/C10H4N2OS/c11-4-7-2-1-6-3-8(5-12)14-10(6)9(7)13/h1-3,13H. The Morgan fingerprint density at radius 1 is 1.21 bits per heavy atom. The third-order valence-corrected chi connectivity index (χ3v) is 2.95. The van der Waals surface area contributed by atoms with E-state index in [4.69, 9.17) is 10.5 Å². The van der Waals surface area contributed by atoms with E-state index < -0.39 is 0 Å². The molecule has 1 N–H and O–H groups in total. The second-order valence-corrected chi connectivity index (χ2v) is 3.77. The quantitative estimate of drug-likeness (QED) is 0.709. The molecule has 0 saturated heterocycles. The van der Waals surface area contributed by atoms with Crippen LogP contribution in [0.15, 0.2) is 18.2 Å². The smallest absolute Gasteiger partial charge is 0.151 e. The summed E-state index contributed by atoms with van der Waals surface area (Å²) in [5.41, 5.74) is 0.240. The summed E-state index contributed by atoms with van der Waals surface area (Å²) < 4.78 is 0.598. The minimum Gasteiger partial charge on any atom is -0.505 e. The fraction of sp³-hybridized carbons (Fsp3) is 0. The lowest BCUT2D eigenvalue weighted by Crippen LogP contribution is -1.74. The first-order valence-electron chi connectivity index (χ1n) is 3.82. The maximum atomic E-state index is 9.64. The van der Waals surface area contributed by atoms with Crippen LogP contribution in [0.4, 0.5) is 0 Å². The predicted octanol–water partition coefficient (Wildman–Crippen LogP) is 2.35. The van der Waals surface area contributed by atoms with E-state index in [0.29, 0.717) is 9.58 Å². The number of nitrogens with zero attached hydrogens (tertiary/aromatic N) is 2. The van der Waals surface area contributed by atoms with Crippen molar-refractivity contribution >= 4 is 21.4 Å². The van der Waals surface area contributed by atoms with E-state index in [0.717, 1.165) is 5.39 Å². The van der Waals surface area contributed by atoms with Crippen LogP contribution in [0.5, 0.6) is 5.75 Å². The van der Waals surface area contributed by atoms with Gasteiger partial charge in [-0.15, -0.1) is 11.3 Å². The van der Waals surface area contributed by atoms with E-state index in [1.54, 1.807) is 18.2 Å². The van der Waals surface area contributed by atoms with Crippen molar-refractivity contribution in [3.05, 3.63) is 28.6 Å². The van der Waals surface area contributed by atoms with Gasteiger partial charge in [-0.1, -0.05) is 6.07 Å². The maximum absolute atomic E-state index is 9.64. The Balaban J connectivity index is 2.85. The number of hydrogen-bond donors (Lipinski definition) is 1. The molecule has 0 aliphatic rings. The highest BCUT2D eigenvalue weighted by Crippen LogP contribution is 2.34. The number of rotatable bonds is 0. The lowest BCUT2D eigenvalue weighted by molar-refractivity contribution is 0.481. The molecule has 0 fully saturated rings. The number of fused-ring (bicyclic) bond motifs is 1. The van der Waals surface area contributed by atoms with Gasteiger partial charge in [0.25, 0.3) is 0 Å². The summed E-state index contributed by atoms with van der Waals surface area (Å²) in [5, 5.41) is 27.8. The Hall–Kier alpha value is -2.04. The number of benzene rings is 1. The minimum atomic E-state index is -0.0310. The normalized spacial score (nSPS) is 9.57. The number of phenolic OH excluding ortho intramolecular Hbond substituents is 1. The van der Waals surface area contributed by atoms with Gasteiger partial charge in [-0.05, 0) is 17.5 Å². The molecule has 0 saturated carbocycles. The lowest BCUT2D eigenvalue weighted by Gasteiger charge is -1.95. The molecule has 0 radical (unpaired) electrons. The van der Waals surface area contributed by atoms with E-state index in [2.05, 4.69) is 0 Å². The first kappa shape index (κ1) is 8.55. The summed E-state index contributed by atoms with van der Waals surface area (Å²) >= 11 is 1.19. The van der Waals surface area contributed by atoms with Crippen molar-refractivity contribution in [2.24, 2.45) is 0 Å². The van der Waals surface area contributed by atoms with Gasteiger partial charge in [0.05, 0.1) is 10.3 Å². The van der Waals surface area contributed by atoms with Crippen LogP contribution in [0.25, 0.3) is 10.1 Å². The van der Waals surface area contributed by atoms with Gasteiger partial charge in [0.1, 0.15) is 17.0 Å². The molecule has 0 unspecified atom stereocenters. The molecule has 2 aromatic rings. The number of thiophene rings is 1. The Kier molecular flexibility index (Phi) is 1.85. The van der Waals surface area contributed by atoms with Crippen molar-refractivity contribution in [3.8, 4) is 17.9 Å². The Bertz CT molecular complexity index is 586. The zero-order chi connectivity index (χ0) is 10.1. The van der Waals surface area contributed by atoms with E-state index in [1.165, 1.54) is 11.3 Å². The van der Waals surface area contributed by atoms with Crippen molar-refractivity contribution in [1.29, 1.82) is 10.5 Å². The molecule has 1 aromatic heterocycles. The first-order chi connectivity index (χ1) is 6.76. The summed E-state index contributed by atoms with van der Waals surface area (Å²) in [6.45, 7) is 0. The third-order valence-electron chi connectivity index (χ3n) is 1.89. The molecule has 0 bridgehead atoms. The Labute approximate surface area is 84.1 Å². The third kappa shape index (κ3) is 1.10. The average molecular weight is 200 g/mol. The van der Waals surface area contributed by atoms with Crippen molar-refractivity contribution < 1.29 is 5.11 Å². The highest BCUT2D eigenvalue weighted by molar-refractivity contribution is 7.19. The fourth-order valence-electron chi connectivity index (χ4n) is 1.23. The molecule has 0 aliphatic carbocycles. The molecule has 3 nitrogen and oxygen atoms in total. The van der Waals surface area contributed by atoms with E-state index in [-0.39, 0.29) is 11.3 Å². The first-order valence-corrected chi connectivity index (χ1v) is 4.63. The van der Waals surface area contributed by atoms with E-state index >= 15 is 0 Å². The van der Waals surface area contributed by atoms with Gasteiger partial charge in [-0.3, -0.25) is 0 Å². The largest absolute Gasteiger partial charge is 0.505 e. The minimum absolute atomic E-state index is 0.0310. The molecule has 0 aliphatic heterocycles. The molecule has 14 heavy (non-hydrogen) atoms. The summed E-state index contributed by atoms with van der Waals surface area (Å²) in [7, 11) is 0. The topological polar surface area (TPSA) is 67.8 Å². The van der Waals surface area contributed by atoms with Crippen LogP contribution in [-0.4, -0.2) is 5.11 Å². The van der Waals surface area contributed by atoms with Crippen molar-refractivity contribution in [1.82, 2.24) is 0 Å². The van der Waals surface area contributed by atoms with Gasteiger partial charge in [-0.2, -0.15) is 10.5 Å². The summed E-state index contributed by atoms with van der Waals surface area (Å²) in [4.78, 5) is 0.533. The van der Waals surface area contributed by atoms with Crippen LogP contribution in [0.1, 0.15) is 10.4 Å². The molecular formula is C10H4N2OS. The summed E-state index contributed by atoms with van der Waals surface area (Å²) in [6.07, 6.45) is 0. The van der Waals surface area contributed by atoms with Crippen molar-refractivity contribution in [2.45, 2.75) is 0 Å². The van der Waals surface area contributed by atoms with Crippen LogP contribution >= 0.6 is 11.3 Å². The Morgan fingerprint density at radius 2 is 2.00 bits per heavy atom. The van der Waals surface area contributed by atoms with Crippen molar-refractivity contribution in [3.63, 3.8) is 0 Å². The van der Waals surface area contributed by atoms with Crippen LogP contribution < -0.4 is 0 Å². The van der Waals surface area contributed by atoms with E-state index in [1.807, 2.05) is 12.1 Å². The monoisotopic (exact) mass is 200 g/mol. The zero-order valence-electron chi connectivity index (χ0n) is 6.98. The molecule has 66 valence electrons. The molecule has 1 heterocycles. The fourth-order valence-corrected chi connectivity index (χ4v) is 2.14. The highest BCUT2D eigenvalue weighted by atomic mass is 32.1. The van der Waals surface area contributed by atoms with Gasteiger partial charge >= 0.3 is 0 Å². The molecule has 2 rings (SSSR count). The number of phenols is 1. The van der Waals surface area contributed by atoms with Crippen LogP contribution in [0.2, 0.25) is 0 Å². The summed E-state index contributed by atoms with van der Waals surface area (Å²) in [6, 6.07) is 8.86. The molecule has 0 amide bonds. The molecule has 1 aromatic carbocycles. The number of nitriles is 2. The molecular weight excluding hydrogens is 196 g/mol. The van der Waals surface area contributed by atoms with Gasteiger partial charge in [-0.25, -0.2) is 0 Å². The van der Waals surface area contributed by atoms with Crippen LogP contribution in [-0.2, 0) is 0 Å². The molecule has 4 heteroatoms. The Morgan fingerprint density at radius 3 is 2.64 bits per heavy atom. The van der Waals surface area contributed by atoms with Gasteiger partial charge < -0.3 is 5.11 Å². The number of hydrogen-bond acceptors (Lipinski definition) is 4. The molecule has 0 atom stereocenters. The van der Waals surface area contributed by atoms with Gasteiger partial charge in [0.2, 0.25) is 0 Å². The predicted molar refractivity (Wildman–Crippen MR) is 52.9 cm³/mol. The van der Waals surface area contributed by atoms with Gasteiger partial charge in [0, 0.05) is 0 Å². The SMILES string of the molecule is N#Cc1cc2ccc(C#N)c(O)c2s1. The van der Waals surface area contributed by atoms with Crippen LogP contribution in [0, 0.1) is 22.7 Å². The van der Waals surface area contributed by atoms with Gasteiger partial charge in [0.15, 0.2) is 5.75 Å². The lowest BCUT2D eigenvalue weighted by atomic mass is 10.1. The molecule has 0 spiro atoms. The zero-order valence-corrected chi connectivity index (χ0v) is 7.80. The summed E-state index contributed by atoms with van der Waals surface area (Å²) in [5.74, 6) is -0.0310. The van der Waals surface area contributed by atoms with E-state index in [9.17, 15) is 5.11 Å². The maximum Gasteiger partial charge on any atom is 0.151 e. The second-order valence-electron chi connectivity index (χ2n) is 2.71. The van der Waals surface area contributed by atoms with Crippen molar-refractivity contribution in [2.75, 3.05) is 0 Å². The van der Waals surface area contributed by atoms with Crippen LogP contribution in [0.3, 0.4) is 0 Å². The second kappa shape index (κ2) is 3.02. The highest BCUT2D eigenvalue weighted by Gasteiger charge is 2.09.